The van der Waals surface area contributed by atoms with E-state index in [9.17, 15) is 23.1 Å². The van der Waals surface area contributed by atoms with Crippen LogP contribution in [0.1, 0.15) is 40.1 Å². The van der Waals surface area contributed by atoms with Crippen molar-refractivity contribution >= 4 is 27.6 Å². The van der Waals surface area contributed by atoms with Gasteiger partial charge in [-0.25, -0.2) is 13.2 Å². The SMILES string of the molecule is C[C@H](CO)N1C[C@H](C)[C@@H](CN(C)Cc2ccc(C(=O)O)cc2)Oc2ccc(NS(=O)(=O)c3ccccc3)cc2C1=O. The standard InChI is InChI=1S/C30H35N3O7S/c1-20-16-33(21(2)19-34)29(35)26-15-24(31-41(38,39)25-7-5-4-6-8-25)13-14-27(26)40-28(20)18-32(3)17-22-9-11-23(12-10-22)30(36)37/h4-15,20-21,28,31,34H,16-19H2,1-3H3,(H,36,37)/t20-,21+,28+/m0/s1. The number of aromatic carboxylic acids is 1. The van der Waals surface area contributed by atoms with Crippen molar-refractivity contribution in [1.82, 2.24) is 9.80 Å². The molecule has 0 saturated carbocycles. The van der Waals surface area contributed by atoms with Crippen molar-refractivity contribution < 1.29 is 33.0 Å². The van der Waals surface area contributed by atoms with Gasteiger partial charge in [-0.1, -0.05) is 37.3 Å². The van der Waals surface area contributed by atoms with Crippen molar-refractivity contribution in [3.05, 3.63) is 89.5 Å². The summed E-state index contributed by atoms with van der Waals surface area (Å²) >= 11 is 0. The molecule has 0 radical (unpaired) electrons. The maximum atomic E-state index is 13.7. The van der Waals surface area contributed by atoms with Gasteiger partial charge in [-0.2, -0.15) is 0 Å². The Balaban J connectivity index is 1.60. The number of aliphatic hydroxyl groups excluding tert-OH is 1. The molecule has 1 heterocycles. The number of ether oxygens (including phenoxy) is 1. The highest BCUT2D eigenvalue weighted by molar-refractivity contribution is 7.92. The molecule has 10 nitrogen and oxygen atoms in total. The molecule has 1 aliphatic heterocycles. The zero-order valence-electron chi connectivity index (χ0n) is 23.2. The Morgan fingerprint density at radius 1 is 1.12 bits per heavy atom. The van der Waals surface area contributed by atoms with Crippen LogP contribution in [-0.2, 0) is 16.6 Å². The van der Waals surface area contributed by atoms with Crippen LogP contribution in [0, 0.1) is 5.92 Å². The van der Waals surface area contributed by atoms with E-state index in [1.165, 1.54) is 18.2 Å². The molecule has 4 rings (SSSR count). The minimum Gasteiger partial charge on any atom is -0.488 e. The normalized spacial score (nSPS) is 18.2. The van der Waals surface area contributed by atoms with E-state index >= 15 is 0 Å². The van der Waals surface area contributed by atoms with Gasteiger partial charge in [0, 0.05) is 31.2 Å². The van der Waals surface area contributed by atoms with E-state index in [4.69, 9.17) is 9.84 Å². The van der Waals surface area contributed by atoms with Crippen LogP contribution < -0.4 is 9.46 Å². The second-order valence-electron chi connectivity index (χ2n) is 10.5. The molecule has 11 heteroatoms. The molecule has 3 aromatic carbocycles. The lowest BCUT2D eigenvalue weighted by atomic mass is 9.99. The van der Waals surface area contributed by atoms with Gasteiger partial charge in [-0.3, -0.25) is 14.4 Å². The predicted octanol–water partition coefficient (Wildman–Crippen LogP) is 3.54. The Kier molecular flexibility index (Phi) is 9.31. The molecule has 0 saturated heterocycles. The smallest absolute Gasteiger partial charge is 0.335 e. The molecule has 218 valence electrons. The monoisotopic (exact) mass is 581 g/mol. The Morgan fingerprint density at radius 3 is 2.44 bits per heavy atom. The van der Waals surface area contributed by atoms with Crippen molar-refractivity contribution in [2.24, 2.45) is 5.92 Å². The first-order chi connectivity index (χ1) is 19.5. The number of carbonyl (C=O) groups is 2. The van der Waals surface area contributed by atoms with Gasteiger partial charge >= 0.3 is 5.97 Å². The molecule has 0 bridgehead atoms. The van der Waals surface area contributed by atoms with E-state index in [0.29, 0.717) is 25.4 Å². The van der Waals surface area contributed by atoms with E-state index in [-0.39, 0.29) is 46.2 Å². The van der Waals surface area contributed by atoms with Crippen molar-refractivity contribution in [2.45, 2.75) is 37.4 Å². The Bertz CT molecular complexity index is 1480. The van der Waals surface area contributed by atoms with Gasteiger partial charge in [0.2, 0.25) is 0 Å². The number of carbonyl (C=O) groups excluding carboxylic acids is 1. The quantitative estimate of drug-likeness (QED) is 0.331. The maximum absolute atomic E-state index is 13.7. The zero-order chi connectivity index (χ0) is 29.7. The van der Waals surface area contributed by atoms with Gasteiger partial charge in [0.25, 0.3) is 15.9 Å². The van der Waals surface area contributed by atoms with E-state index < -0.39 is 22.0 Å². The number of hydrogen-bond donors (Lipinski definition) is 3. The van der Waals surface area contributed by atoms with Crippen LogP contribution in [0.3, 0.4) is 0 Å². The van der Waals surface area contributed by atoms with E-state index in [0.717, 1.165) is 5.56 Å². The number of fused-ring (bicyclic) bond motifs is 1. The Morgan fingerprint density at radius 2 is 1.80 bits per heavy atom. The van der Waals surface area contributed by atoms with Crippen LogP contribution in [0.2, 0.25) is 0 Å². The molecule has 0 spiro atoms. The number of sulfonamides is 1. The highest BCUT2D eigenvalue weighted by Crippen LogP contribution is 2.31. The van der Waals surface area contributed by atoms with Gasteiger partial charge in [0.15, 0.2) is 0 Å². The van der Waals surface area contributed by atoms with Gasteiger partial charge in [-0.15, -0.1) is 0 Å². The summed E-state index contributed by atoms with van der Waals surface area (Å²) in [6.45, 7) is 4.89. The third kappa shape index (κ3) is 7.24. The lowest BCUT2D eigenvalue weighted by Gasteiger charge is -2.38. The molecule has 0 aromatic heterocycles. The highest BCUT2D eigenvalue weighted by atomic mass is 32.2. The summed E-state index contributed by atoms with van der Waals surface area (Å²) in [7, 11) is -1.94. The molecule has 0 unspecified atom stereocenters. The third-order valence-corrected chi connectivity index (χ3v) is 8.51. The lowest BCUT2D eigenvalue weighted by molar-refractivity contribution is 0.0341. The molecule has 0 fully saturated rings. The highest BCUT2D eigenvalue weighted by Gasteiger charge is 2.33. The van der Waals surface area contributed by atoms with Gasteiger partial charge in [0.1, 0.15) is 11.9 Å². The fourth-order valence-corrected chi connectivity index (χ4v) is 5.82. The van der Waals surface area contributed by atoms with Crippen molar-refractivity contribution in [1.29, 1.82) is 0 Å². The van der Waals surface area contributed by atoms with Crippen LogP contribution in [0.5, 0.6) is 5.75 Å². The summed E-state index contributed by atoms with van der Waals surface area (Å²) in [5, 5.41) is 19.1. The van der Waals surface area contributed by atoms with Gasteiger partial charge < -0.3 is 19.8 Å². The third-order valence-electron chi connectivity index (χ3n) is 7.12. The number of anilines is 1. The zero-order valence-corrected chi connectivity index (χ0v) is 24.0. The number of nitrogens with one attached hydrogen (secondary N) is 1. The molecule has 1 amide bonds. The number of amides is 1. The minimum absolute atomic E-state index is 0.0966. The molecule has 0 aliphatic carbocycles. The average Bonchev–Trinajstić information content (AvgIpc) is 2.95. The number of carboxylic acid groups (broad SMARTS) is 1. The Hall–Kier alpha value is -3.93. The summed E-state index contributed by atoms with van der Waals surface area (Å²) in [6.07, 6.45) is -0.342. The second-order valence-corrected chi connectivity index (χ2v) is 12.1. The number of hydrogen-bond acceptors (Lipinski definition) is 7. The van der Waals surface area contributed by atoms with Crippen LogP contribution in [0.15, 0.2) is 77.7 Å². The van der Waals surface area contributed by atoms with Crippen molar-refractivity contribution in [2.75, 3.05) is 31.5 Å². The average molecular weight is 582 g/mol. The molecule has 3 atom stereocenters. The number of aliphatic hydroxyl groups is 1. The van der Waals surface area contributed by atoms with Crippen LogP contribution in [0.25, 0.3) is 0 Å². The maximum Gasteiger partial charge on any atom is 0.335 e. The topological polar surface area (TPSA) is 136 Å². The number of rotatable bonds is 10. The van der Waals surface area contributed by atoms with E-state index in [1.807, 2.05) is 14.0 Å². The fraction of sp³-hybridized carbons (Fsp3) is 0.333. The number of nitrogens with zero attached hydrogens (tertiary/aromatic N) is 2. The molecule has 41 heavy (non-hydrogen) atoms. The summed E-state index contributed by atoms with van der Waals surface area (Å²) < 4.78 is 34.8. The van der Waals surface area contributed by atoms with Crippen molar-refractivity contribution in [3.8, 4) is 5.75 Å². The lowest BCUT2D eigenvalue weighted by Crippen LogP contribution is -2.49. The predicted molar refractivity (Wildman–Crippen MR) is 155 cm³/mol. The summed E-state index contributed by atoms with van der Waals surface area (Å²) in [4.78, 5) is 28.6. The van der Waals surface area contributed by atoms with Crippen LogP contribution in [0.4, 0.5) is 5.69 Å². The summed E-state index contributed by atoms with van der Waals surface area (Å²) in [5.74, 6) is -1.12. The van der Waals surface area contributed by atoms with Crippen LogP contribution in [-0.4, -0.2) is 79.2 Å². The second kappa shape index (κ2) is 12.7. The van der Waals surface area contributed by atoms with Crippen molar-refractivity contribution in [3.63, 3.8) is 0 Å². The molecule has 1 aliphatic rings. The summed E-state index contributed by atoms with van der Waals surface area (Å²) in [6, 6.07) is 18.8. The van der Waals surface area contributed by atoms with E-state index in [1.54, 1.807) is 66.4 Å². The van der Waals surface area contributed by atoms with Crippen LogP contribution >= 0.6 is 0 Å². The first-order valence-corrected chi connectivity index (χ1v) is 14.8. The van der Waals surface area contributed by atoms with Gasteiger partial charge in [0.05, 0.1) is 28.7 Å². The first kappa shape index (κ1) is 30.0. The molecule has 3 N–H and O–H groups in total. The molecular formula is C30H35N3O7S. The largest absolute Gasteiger partial charge is 0.488 e. The molecular weight excluding hydrogens is 546 g/mol. The number of benzene rings is 3. The first-order valence-electron chi connectivity index (χ1n) is 13.3. The van der Waals surface area contributed by atoms with E-state index in [2.05, 4.69) is 9.62 Å². The fourth-order valence-electron chi connectivity index (χ4n) is 4.75. The van der Waals surface area contributed by atoms with Gasteiger partial charge in [-0.05, 0) is 62.0 Å². The number of likely N-dealkylation sites (N-methyl/N-ethyl adjacent to an activating group) is 1. The Labute approximate surface area is 240 Å². The number of carboxylic acids is 1. The summed E-state index contributed by atoms with van der Waals surface area (Å²) in [5.41, 5.74) is 1.58. The molecule has 3 aromatic rings. The minimum atomic E-state index is -3.88.